The molecule has 0 saturated carbocycles. The highest BCUT2D eigenvalue weighted by Crippen LogP contribution is 2.54. The van der Waals surface area contributed by atoms with Crippen LogP contribution < -0.4 is 4.57 Å². The second-order valence-corrected chi connectivity index (χ2v) is 15.8. The number of fused-ring (bicyclic) bond motifs is 5. The Bertz CT molecular complexity index is 2470. The zero-order valence-corrected chi connectivity index (χ0v) is 33.0. The lowest BCUT2D eigenvalue weighted by atomic mass is 9.58. The second-order valence-electron chi connectivity index (χ2n) is 15.8. The van der Waals surface area contributed by atoms with Crippen LogP contribution in [-0.2, 0) is 17.4 Å². The number of nitrogens with zero attached hydrogens (tertiary/aromatic N) is 1. The molecule has 0 aliphatic carbocycles. The molecule has 0 saturated heterocycles. The smallest absolute Gasteiger partial charge is 0.191 e. The fourth-order valence-corrected chi connectivity index (χ4v) is 9.94. The number of unbranched alkanes of at least 4 members (excludes halogenated alkanes) is 1. The molecule has 1 aliphatic rings. The SMILES string of the molecule is CCCCc1cccc(-c2cc(-c3ccccc3)cc(-c3cccc(-c4ccc5c(c4C)-c4c6ccccc6cc[n+]4C(CC)(CC)C5(C)CC)c3)c2)c1. The molecule has 1 atom stereocenters. The third-order valence-corrected chi connectivity index (χ3v) is 13.1. The molecule has 0 fully saturated rings. The van der Waals surface area contributed by atoms with Crippen LogP contribution >= 0.6 is 0 Å². The minimum Gasteiger partial charge on any atom is -0.191 e. The van der Waals surface area contributed by atoms with Gasteiger partial charge in [-0.2, -0.15) is 4.57 Å². The number of hydrogen-bond donors (Lipinski definition) is 0. The Morgan fingerprint density at radius 1 is 0.537 bits per heavy atom. The fourth-order valence-electron chi connectivity index (χ4n) is 9.94. The summed E-state index contributed by atoms with van der Waals surface area (Å²) >= 11 is 0. The predicted molar refractivity (Wildman–Crippen MR) is 231 cm³/mol. The van der Waals surface area contributed by atoms with Crippen molar-refractivity contribution in [1.29, 1.82) is 0 Å². The first-order chi connectivity index (χ1) is 26.4. The summed E-state index contributed by atoms with van der Waals surface area (Å²) in [6.45, 7) is 14.3. The zero-order valence-electron chi connectivity index (χ0n) is 33.0. The summed E-state index contributed by atoms with van der Waals surface area (Å²) in [5.74, 6) is 0. The van der Waals surface area contributed by atoms with Crippen molar-refractivity contribution in [2.75, 3.05) is 0 Å². The molecule has 1 nitrogen and oxygen atoms in total. The highest BCUT2D eigenvalue weighted by Gasteiger charge is 2.59. The van der Waals surface area contributed by atoms with Gasteiger partial charge in [-0.05, 0) is 130 Å². The maximum absolute atomic E-state index is 2.68. The van der Waals surface area contributed by atoms with Crippen molar-refractivity contribution in [3.8, 4) is 55.8 Å². The van der Waals surface area contributed by atoms with Gasteiger partial charge in [0.15, 0.2) is 11.7 Å². The van der Waals surface area contributed by atoms with E-state index in [4.69, 9.17) is 0 Å². The summed E-state index contributed by atoms with van der Waals surface area (Å²) in [6.07, 6.45) is 9.17. The monoisotopic (exact) mass is 704 g/mol. The summed E-state index contributed by atoms with van der Waals surface area (Å²) in [6, 6.07) is 52.6. The number of aryl methyl sites for hydroxylation is 1. The van der Waals surface area contributed by atoms with Gasteiger partial charge in [0.1, 0.15) is 0 Å². The highest BCUT2D eigenvalue weighted by molar-refractivity contribution is 5.96. The average molecular weight is 705 g/mol. The fraction of sp³-hybridized carbons (Fsp3) is 0.264. The van der Waals surface area contributed by atoms with Crippen molar-refractivity contribution in [2.45, 2.75) is 91.0 Å². The number of hydrogen-bond acceptors (Lipinski definition) is 0. The summed E-state index contributed by atoms with van der Waals surface area (Å²) in [7, 11) is 0. The molecule has 0 radical (unpaired) electrons. The van der Waals surface area contributed by atoms with Gasteiger partial charge in [0.25, 0.3) is 0 Å². The van der Waals surface area contributed by atoms with Gasteiger partial charge in [-0.3, -0.25) is 0 Å². The Morgan fingerprint density at radius 2 is 1.15 bits per heavy atom. The Kier molecular flexibility index (Phi) is 9.61. The molecule has 1 aliphatic heterocycles. The normalized spacial score (nSPS) is 15.9. The van der Waals surface area contributed by atoms with Crippen molar-refractivity contribution < 1.29 is 4.57 Å². The Balaban J connectivity index is 1.31. The van der Waals surface area contributed by atoms with E-state index in [0.29, 0.717) is 0 Å². The molecule has 1 unspecified atom stereocenters. The number of benzene rings is 6. The first-order valence-corrected chi connectivity index (χ1v) is 20.3. The molecule has 1 heteroatoms. The number of pyridine rings is 1. The Hall–Kier alpha value is -5.27. The molecule has 1 aromatic heterocycles. The molecule has 0 N–H and O–H groups in total. The molecule has 0 bridgehead atoms. The number of rotatable bonds is 10. The van der Waals surface area contributed by atoms with Crippen molar-refractivity contribution in [3.63, 3.8) is 0 Å². The molecule has 54 heavy (non-hydrogen) atoms. The van der Waals surface area contributed by atoms with Gasteiger partial charge in [-0.1, -0.05) is 137 Å². The minimum atomic E-state index is -0.0149. The largest absolute Gasteiger partial charge is 0.221 e. The van der Waals surface area contributed by atoms with E-state index in [1.165, 1.54) is 96.1 Å². The van der Waals surface area contributed by atoms with Crippen LogP contribution in [0.3, 0.4) is 0 Å². The predicted octanol–water partition coefficient (Wildman–Crippen LogP) is 14.3. The third kappa shape index (κ3) is 5.81. The maximum atomic E-state index is 2.68. The quantitative estimate of drug-likeness (QED) is 0.125. The van der Waals surface area contributed by atoms with Crippen LogP contribution in [0.4, 0.5) is 0 Å². The van der Waals surface area contributed by atoms with Crippen molar-refractivity contribution in [1.82, 2.24) is 0 Å². The third-order valence-electron chi connectivity index (χ3n) is 13.1. The van der Waals surface area contributed by atoms with Gasteiger partial charge in [0.05, 0.1) is 16.4 Å². The summed E-state index contributed by atoms with van der Waals surface area (Å²) in [5, 5.41) is 2.64. The topological polar surface area (TPSA) is 3.88 Å². The van der Waals surface area contributed by atoms with E-state index in [-0.39, 0.29) is 11.0 Å². The summed E-state index contributed by atoms with van der Waals surface area (Å²) in [5.41, 5.74) is 17.1. The van der Waals surface area contributed by atoms with Gasteiger partial charge < -0.3 is 0 Å². The van der Waals surface area contributed by atoms with E-state index in [0.717, 1.165) is 25.7 Å². The Morgan fingerprint density at radius 3 is 1.85 bits per heavy atom. The van der Waals surface area contributed by atoms with Gasteiger partial charge in [-0.25, -0.2) is 0 Å². The van der Waals surface area contributed by atoms with Gasteiger partial charge in [-0.15, -0.1) is 0 Å². The summed E-state index contributed by atoms with van der Waals surface area (Å²) < 4.78 is 2.68. The van der Waals surface area contributed by atoms with Crippen LogP contribution in [0.15, 0.2) is 146 Å². The van der Waals surface area contributed by atoms with Crippen molar-refractivity contribution in [2.24, 2.45) is 0 Å². The van der Waals surface area contributed by atoms with Crippen LogP contribution in [0.2, 0.25) is 0 Å². The van der Waals surface area contributed by atoms with E-state index in [9.17, 15) is 0 Å². The van der Waals surface area contributed by atoms with Crippen LogP contribution in [-0.4, -0.2) is 0 Å². The van der Waals surface area contributed by atoms with E-state index in [1.807, 2.05) is 0 Å². The molecule has 6 aromatic carbocycles. The molecule has 8 rings (SSSR count). The maximum Gasteiger partial charge on any atom is 0.221 e. The van der Waals surface area contributed by atoms with Crippen LogP contribution in [0.25, 0.3) is 66.5 Å². The molecular weight excluding hydrogens is 651 g/mol. The van der Waals surface area contributed by atoms with Crippen molar-refractivity contribution >= 4 is 10.8 Å². The minimum absolute atomic E-state index is 0.0147. The molecule has 270 valence electrons. The highest BCUT2D eigenvalue weighted by atomic mass is 15.1. The Labute approximate surface area is 323 Å². The number of aromatic nitrogens is 1. The van der Waals surface area contributed by atoms with E-state index in [1.54, 1.807) is 0 Å². The van der Waals surface area contributed by atoms with E-state index >= 15 is 0 Å². The second kappa shape index (κ2) is 14.5. The molecule has 7 aromatic rings. The first kappa shape index (κ1) is 35.7. The van der Waals surface area contributed by atoms with Crippen LogP contribution in [0, 0.1) is 6.92 Å². The molecule has 0 spiro atoms. The molecule has 2 heterocycles. The average Bonchev–Trinajstić information content (AvgIpc) is 3.23. The summed E-state index contributed by atoms with van der Waals surface area (Å²) in [4.78, 5) is 0. The van der Waals surface area contributed by atoms with Crippen molar-refractivity contribution in [3.05, 3.63) is 162 Å². The van der Waals surface area contributed by atoms with Crippen LogP contribution in [0.5, 0.6) is 0 Å². The van der Waals surface area contributed by atoms with E-state index in [2.05, 4.69) is 192 Å². The van der Waals surface area contributed by atoms with Gasteiger partial charge in [0.2, 0.25) is 5.69 Å². The van der Waals surface area contributed by atoms with Gasteiger partial charge >= 0.3 is 0 Å². The lowest BCUT2D eigenvalue weighted by molar-refractivity contribution is -0.768. The van der Waals surface area contributed by atoms with Crippen LogP contribution in [0.1, 0.15) is 83.4 Å². The first-order valence-electron chi connectivity index (χ1n) is 20.3. The molecule has 0 amide bonds. The standard InChI is InChI=1S/C53H54N/c1-7-11-19-38-20-17-24-41(32-38)45-34-44(39-21-13-12-14-22-39)35-46(36-45)42-25-18-26-43(33-42)47-28-29-49-50(37(47)5)51-48-27-16-15-23-40(48)30-31-54(51)53(9-3,10-4)52(49,6)8-2/h12-18,20-36H,7-11,19H2,1-6H3/q+1. The molecular formula is C53H54N+. The van der Waals surface area contributed by atoms with Gasteiger partial charge in [0, 0.05) is 18.9 Å². The lowest BCUT2D eigenvalue weighted by Gasteiger charge is -2.48. The lowest BCUT2D eigenvalue weighted by Crippen LogP contribution is -2.68. The van der Waals surface area contributed by atoms with E-state index < -0.39 is 0 Å². The zero-order chi connectivity index (χ0) is 37.5.